The van der Waals surface area contributed by atoms with Crippen LogP contribution in [0.3, 0.4) is 0 Å². The Bertz CT molecular complexity index is 2110. The number of aliphatic carboxylic acids is 1. The van der Waals surface area contributed by atoms with Crippen LogP contribution in [0.5, 0.6) is 0 Å². The second-order valence-electron chi connectivity index (χ2n) is 16.2. The Hall–Kier alpha value is -4.56. The van der Waals surface area contributed by atoms with Gasteiger partial charge in [0.15, 0.2) is 0 Å². The van der Waals surface area contributed by atoms with Gasteiger partial charge in [-0.3, -0.25) is 24.1 Å². The van der Waals surface area contributed by atoms with E-state index in [2.05, 4.69) is 29.4 Å². The molecule has 1 heterocycles. The van der Waals surface area contributed by atoms with Crippen molar-refractivity contribution in [1.29, 1.82) is 0 Å². The number of thiophene rings is 1. The highest BCUT2D eigenvalue weighted by atomic mass is 32.1. The SMILES string of the molecule is CCC(CC)N(CCN(C)C(=O)CCC(C)(C)C(=O)O)Cc1cccc(C(=O)Nc2sc3c(c2C(=O)Nc2ccc(CCc4ccc(C(=O)O)cc4)cc2)CCCC3)c1.[MgH2]. The largest absolute Gasteiger partial charge is 0.481 e. The number of fused-ring (bicyclic) bond motifs is 1. The molecule has 3 amide bonds. The van der Waals surface area contributed by atoms with Crippen molar-refractivity contribution in [3.63, 3.8) is 0 Å². The molecular formula is C47H60MgN4O7S. The van der Waals surface area contributed by atoms with Gasteiger partial charge in [0.1, 0.15) is 5.00 Å². The minimum absolute atomic E-state index is 0. The molecule has 1 aromatic heterocycles. The van der Waals surface area contributed by atoms with Gasteiger partial charge in [-0.15, -0.1) is 11.3 Å². The first-order chi connectivity index (χ1) is 28.2. The second kappa shape index (κ2) is 22.3. The molecule has 5 rings (SSSR count). The van der Waals surface area contributed by atoms with Crippen LogP contribution in [0, 0.1) is 5.41 Å². The van der Waals surface area contributed by atoms with E-state index in [-0.39, 0.29) is 65.2 Å². The zero-order chi connectivity index (χ0) is 42.7. The summed E-state index contributed by atoms with van der Waals surface area (Å²) < 4.78 is 0. The van der Waals surface area contributed by atoms with Crippen LogP contribution >= 0.6 is 11.3 Å². The number of hydrogen-bond donors (Lipinski definition) is 4. The van der Waals surface area contributed by atoms with Gasteiger partial charge in [0.05, 0.1) is 16.5 Å². The molecule has 0 fully saturated rings. The van der Waals surface area contributed by atoms with Gasteiger partial charge in [0.2, 0.25) is 5.91 Å². The zero-order valence-corrected chi connectivity index (χ0v) is 35.8. The lowest BCUT2D eigenvalue weighted by atomic mass is 9.88. The molecule has 3 aromatic carbocycles. The van der Waals surface area contributed by atoms with Crippen molar-refractivity contribution in [3.05, 3.63) is 117 Å². The Balaban J connectivity index is 0.00000794. The van der Waals surface area contributed by atoms with E-state index in [0.29, 0.717) is 41.4 Å². The van der Waals surface area contributed by atoms with Crippen LogP contribution < -0.4 is 10.6 Å². The number of benzene rings is 3. The van der Waals surface area contributed by atoms with Crippen molar-refractivity contribution in [2.45, 2.75) is 104 Å². The van der Waals surface area contributed by atoms with E-state index in [0.717, 1.165) is 78.5 Å². The molecule has 0 aliphatic heterocycles. The van der Waals surface area contributed by atoms with Crippen LogP contribution in [0.2, 0.25) is 0 Å². The Kier molecular flexibility index (Phi) is 17.9. The molecule has 4 aromatic rings. The molecule has 0 spiro atoms. The molecule has 0 saturated carbocycles. The first kappa shape index (κ1) is 48.1. The third-order valence-corrected chi connectivity index (χ3v) is 12.7. The van der Waals surface area contributed by atoms with Crippen LogP contribution in [0.15, 0.2) is 72.8 Å². The lowest BCUT2D eigenvalue weighted by Gasteiger charge is -2.32. The van der Waals surface area contributed by atoms with Crippen molar-refractivity contribution in [1.82, 2.24) is 9.80 Å². The molecule has 0 bridgehead atoms. The van der Waals surface area contributed by atoms with Crippen LogP contribution in [0.4, 0.5) is 10.7 Å². The van der Waals surface area contributed by atoms with Gasteiger partial charge in [-0.2, -0.15) is 0 Å². The van der Waals surface area contributed by atoms with Crippen LogP contribution in [-0.4, -0.2) is 98.9 Å². The van der Waals surface area contributed by atoms with Crippen molar-refractivity contribution < 1.29 is 34.2 Å². The highest BCUT2D eigenvalue weighted by Crippen LogP contribution is 2.39. The number of carbonyl (C=O) groups is 5. The van der Waals surface area contributed by atoms with Gasteiger partial charge < -0.3 is 25.7 Å². The fourth-order valence-electron chi connectivity index (χ4n) is 7.48. The van der Waals surface area contributed by atoms with E-state index in [1.165, 1.54) is 11.3 Å². The summed E-state index contributed by atoms with van der Waals surface area (Å²) in [5.74, 6) is -2.49. The van der Waals surface area contributed by atoms with Crippen LogP contribution in [0.25, 0.3) is 0 Å². The van der Waals surface area contributed by atoms with Crippen molar-refractivity contribution >= 4 is 74.7 Å². The standard InChI is InChI=1S/C47H58N4O7S.Mg.2H/c1-6-37(7-2)51(28-27-50(5)40(52)25-26-47(3,4)46(57)58)30-33-11-10-12-35(29-33)42(53)49-44-41(38-13-8-9-14-39(38)59-44)43(54)48-36-23-19-32(20-24-36)16-15-31-17-21-34(22-18-31)45(55)56;;;/h10-12,17-24,29,37H,6-9,13-16,25-28,30H2,1-5H3,(H,48,54)(H,49,53)(H,55,56)(H,57,58);;;. The highest BCUT2D eigenvalue weighted by molar-refractivity contribution is 7.17. The van der Waals surface area contributed by atoms with E-state index in [9.17, 15) is 29.1 Å². The number of aryl methyl sites for hydroxylation is 3. The third kappa shape index (κ3) is 13.0. The molecule has 0 unspecified atom stereocenters. The van der Waals surface area contributed by atoms with Gasteiger partial charge in [0.25, 0.3) is 11.8 Å². The van der Waals surface area contributed by atoms with E-state index >= 15 is 0 Å². The Morgan fingerprint density at radius 3 is 2.03 bits per heavy atom. The van der Waals surface area contributed by atoms with Gasteiger partial charge in [-0.1, -0.05) is 50.2 Å². The number of rotatable bonds is 20. The van der Waals surface area contributed by atoms with E-state index in [1.807, 2.05) is 54.6 Å². The number of carbonyl (C=O) groups excluding carboxylic acids is 3. The van der Waals surface area contributed by atoms with Crippen molar-refractivity contribution in [2.24, 2.45) is 5.41 Å². The van der Waals surface area contributed by atoms with E-state index in [4.69, 9.17) is 5.11 Å². The summed E-state index contributed by atoms with van der Waals surface area (Å²) in [5.41, 5.74) is 5.07. The van der Waals surface area contributed by atoms with Gasteiger partial charge >= 0.3 is 35.0 Å². The normalized spacial score (nSPS) is 12.4. The summed E-state index contributed by atoms with van der Waals surface area (Å²) in [6, 6.07) is 22.4. The van der Waals surface area contributed by atoms with Crippen molar-refractivity contribution in [3.8, 4) is 0 Å². The fourth-order valence-corrected chi connectivity index (χ4v) is 8.76. The monoisotopic (exact) mass is 848 g/mol. The molecule has 4 N–H and O–H groups in total. The summed E-state index contributed by atoms with van der Waals surface area (Å²) in [7, 11) is 1.76. The third-order valence-electron chi connectivity index (χ3n) is 11.5. The second-order valence-corrected chi connectivity index (χ2v) is 17.3. The molecule has 0 atom stereocenters. The lowest BCUT2D eigenvalue weighted by molar-refractivity contribution is -0.147. The average molecular weight is 849 g/mol. The number of carboxylic acid groups (broad SMARTS) is 2. The Morgan fingerprint density at radius 1 is 0.783 bits per heavy atom. The number of aromatic carboxylic acids is 1. The molecule has 1 aliphatic carbocycles. The van der Waals surface area contributed by atoms with E-state index in [1.54, 1.807) is 44.0 Å². The quantitative estimate of drug-likeness (QED) is 0.0652. The zero-order valence-electron chi connectivity index (χ0n) is 34.9. The number of hydrogen-bond acceptors (Lipinski definition) is 7. The molecular weight excluding hydrogens is 789 g/mol. The maximum Gasteiger partial charge on any atom is 0.335 e. The molecule has 1 aliphatic rings. The fraction of sp³-hybridized carbons (Fsp3) is 0.426. The van der Waals surface area contributed by atoms with Gasteiger partial charge in [-0.05, 0) is 130 Å². The number of anilines is 2. The lowest BCUT2D eigenvalue weighted by Crippen LogP contribution is -2.41. The number of likely N-dealkylation sites (N-methyl/N-ethyl adjacent to an activating group) is 1. The molecule has 318 valence electrons. The highest BCUT2D eigenvalue weighted by Gasteiger charge is 2.29. The Morgan fingerprint density at radius 2 is 1.42 bits per heavy atom. The minimum atomic E-state index is -0.968. The maximum atomic E-state index is 14.0. The summed E-state index contributed by atoms with van der Waals surface area (Å²) in [6.45, 7) is 9.26. The van der Waals surface area contributed by atoms with Crippen LogP contribution in [0.1, 0.15) is 124 Å². The predicted molar refractivity (Wildman–Crippen MR) is 242 cm³/mol. The van der Waals surface area contributed by atoms with Crippen LogP contribution in [-0.2, 0) is 41.8 Å². The molecule has 11 nitrogen and oxygen atoms in total. The summed E-state index contributed by atoms with van der Waals surface area (Å²) >= 11 is 1.48. The molecule has 0 saturated heterocycles. The topological polar surface area (TPSA) is 156 Å². The maximum absolute atomic E-state index is 14.0. The number of amides is 3. The number of nitrogens with one attached hydrogen (secondary N) is 2. The minimum Gasteiger partial charge on any atom is -0.481 e. The first-order valence-corrected chi connectivity index (χ1v) is 21.5. The molecule has 0 radical (unpaired) electrons. The predicted octanol–water partition coefficient (Wildman–Crippen LogP) is 8.04. The smallest absolute Gasteiger partial charge is 0.335 e. The number of carboxylic acids is 2. The first-order valence-electron chi connectivity index (χ1n) is 20.7. The van der Waals surface area contributed by atoms with Crippen molar-refractivity contribution in [2.75, 3.05) is 30.8 Å². The average Bonchev–Trinajstić information content (AvgIpc) is 3.60. The molecule has 13 heteroatoms. The molecule has 60 heavy (non-hydrogen) atoms. The summed E-state index contributed by atoms with van der Waals surface area (Å²) in [5, 5.41) is 25.3. The van der Waals surface area contributed by atoms with E-state index < -0.39 is 17.4 Å². The summed E-state index contributed by atoms with van der Waals surface area (Å²) in [6.07, 6.45) is 7.46. The number of nitrogens with zero attached hydrogens (tertiary/aromatic N) is 2. The van der Waals surface area contributed by atoms with Gasteiger partial charge in [0, 0.05) is 55.3 Å². The Labute approximate surface area is 374 Å². The van der Waals surface area contributed by atoms with Gasteiger partial charge in [-0.25, -0.2) is 4.79 Å². The summed E-state index contributed by atoms with van der Waals surface area (Å²) in [4.78, 5) is 68.6.